The third-order valence-corrected chi connectivity index (χ3v) is 4.28. The molecule has 4 nitrogen and oxygen atoms in total. The standard InChI is InChI=1S/C15H18N4S/c1-3-9-19-12-8-6-5-7-11(12)13-14(19)16-15(18-17-13)20-10-4-2/h5-8H,3-4,9-10H2,1-2H3. The van der Waals surface area contributed by atoms with Crippen LogP contribution < -0.4 is 0 Å². The van der Waals surface area contributed by atoms with Gasteiger partial charge in [0.2, 0.25) is 5.16 Å². The average Bonchev–Trinajstić information content (AvgIpc) is 2.80. The van der Waals surface area contributed by atoms with E-state index in [4.69, 9.17) is 4.98 Å². The van der Waals surface area contributed by atoms with Crippen LogP contribution in [0.25, 0.3) is 22.1 Å². The van der Waals surface area contributed by atoms with Crippen molar-refractivity contribution in [3.63, 3.8) is 0 Å². The fourth-order valence-electron chi connectivity index (χ4n) is 2.39. The summed E-state index contributed by atoms with van der Waals surface area (Å²) in [5.74, 6) is 1.03. The number of fused-ring (bicyclic) bond motifs is 3. The van der Waals surface area contributed by atoms with Crippen LogP contribution in [0.15, 0.2) is 29.4 Å². The quantitative estimate of drug-likeness (QED) is 0.667. The minimum absolute atomic E-state index is 0.777. The van der Waals surface area contributed by atoms with E-state index in [9.17, 15) is 0 Å². The summed E-state index contributed by atoms with van der Waals surface area (Å²) >= 11 is 1.67. The maximum atomic E-state index is 4.72. The van der Waals surface area contributed by atoms with Gasteiger partial charge in [-0.25, -0.2) is 4.98 Å². The highest BCUT2D eigenvalue weighted by molar-refractivity contribution is 7.99. The highest BCUT2D eigenvalue weighted by Crippen LogP contribution is 2.27. The molecule has 2 heterocycles. The van der Waals surface area contributed by atoms with Gasteiger partial charge in [0.1, 0.15) is 5.52 Å². The van der Waals surface area contributed by atoms with Gasteiger partial charge in [-0.1, -0.05) is 43.8 Å². The number of thioether (sulfide) groups is 1. The normalized spacial score (nSPS) is 11.5. The van der Waals surface area contributed by atoms with Gasteiger partial charge in [-0.05, 0) is 18.9 Å². The third-order valence-electron chi connectivity index (χ3n) is 3.24. The minimum Gasteiger partial charge on any atom is -0.324 e. The van der Waals surface area contributed by atoms with Crippen molar-refractivity contribution >= 4 is 33.8 Å². The molecule has 0 saturated carbocycles. The van der Waals surface area contributed by atoms with E-state index in [2.05, 4.69) is 46.8 Å². The molecule has 0 atom stereocenters. The van der Waals surface area contributed by atoms with Crippen molar-refractivity contribution in [2.75, 3.05) is 5.75 Å². The molecule has 5 heteroatoms. The second-order valence-electron chi connectivity index (χ2n) is 4.78. The second-order valence-corrected chi connectivity index (χ2v) is 5.85. The Morgan fingerprint density at radius 2 is 1.95 bits per heavy atom. The lowest BCUT2D eigenvalue weighted by Crippen LogP contribution is -2.00. The van der Waals surface area contributed by atoms with Crippen LogP contribution in [-0.2, 0) is 6.54 Å². The molecule has 0 radical (unpaired) electrons. The van der Waals surface area contributed by atoms with Crippen molar-refractivity contribution < 1.29 is 0 Å². The summed E-state index contributed by atoms with van der Waals surface area (Å²) in [5, 5.41) is 10.6. The summed E-state index contributed by atoms with van der Waals surface area (Å²) in [5.41, 5.74) is 3.07. The van der Waals surface area contributed by atoms with Gasteiger partial charge in [-0.2, -0.15) is 0 Å². The van der Waals surface area contributed by atoms with E-state index >= 15 is 0 Å². The Morgan fingerprint density at radius 1 is 1.10 bits per heavy atom. The molecule has 0 saturated heterocycles. The van der Waals surface area contributed by atoms with Gasteiger partial charge in [0.15, 0.2) is 5.65 Å². The van der Waals surface area contributed by atoms with Crippen molar-refractivity contribution in [1.82, 2.24) is 19.7 Å². The Bertz CT molecular complexity index is 735. The molecule has 0 unspecified atom stereocenters. The predicted octanol–water partition coefficient (Wildman–Crippen LogP) is 3.89. The van der Waals surface area contributed by atoms with E-state index in [0.29, 0.717) is 0 Å². The number of nitrogens with zero attached hydrogens (tertiary/aromatic N) is 4. The Hall–Kier alpha value is -1.62. The molecule has 0 N–H and O–H groups in total. The van der Waals surface area contributed by atoms with Crippen LogP contribution in [0, 0.1) is 0 Å². The number of aryl methyl sites for hydroxylation is 1. The number of benzene rings is 1. The Labute approximate surface area is 122 Å². The maximum absolute atomic E-state index is 4.72. The van der Waals surface area contributed by atoms with Gasteiger partial charge in [-0.15, -0.1) is 10.2 Å². The first kappa shape index (κ1) is 13.4. The molecule has 3 aromatic rings. The van der Waals surface area contributed by atoms with Gasteiger partial charge in [0, 0.05) is 17.7 Å². The lowest BCUT2D eigenvalue weighted by Gasteiger charge is -2.04. The van der Waals surface area contributed by atoms with Crippen molar-refractivity contribution in [2.24, 2.45) is 0 Å². The number of hydrogen-bond acceptors (Lipinski definition) is 4. The maximum Gasteiger partial charge on any atom is 0.211 e. The third kappa shape index (κ3) is 2.26. The van der Waals surface area contributed by atoms with Crippen LogP contribution in [0.5, 0.6) is 0 Å². The van der Waals surface area contributed by atoms with Crippen LogP contribution >= 0.6 is 11.8 Å². The van der Waals surface area contributed by atoms with E-state index in [1.54, 1.807) is 11.8 Å². The summed E-state index contributed by atoms with van der Waals surface area (Å²) in [6, 6.07) is 8.33. The van der Waals surface area contributed by atoms with E-state index in [1.165, 1.54) is 5.52 Å². The fraction of sp³-hybridized carbons (Fsp3) is 0.400. The van der Waals surface area contributed by atoms with Crippen molar-refractivity contribution in [1.29, 1.82) is 0 Å². The summed E-state index contributed by atoms with van der Waals surface area (Å²) in [4.78, 5) is 4.72. The molecular weight excluding hydrogens is 268 g/mol. The Balaban J connectivity index is 2.21. The number of rotatable bonds is 5. The highest BCUT2D eigenvalue weighted by Gasteiger charge is 2.13. The van der Waals surface area contributed by atoms with Crippen LogP contribution in [0.3, 0.4) is 0 Å². The Kier molecular flexibility index (Phi) is 3.87. The Morgan fingerprint density at radius 3 is 2.75 bits per heavy atom. The minimum atomic E-state index is 0.777. The number of aromatic nitrogens is 4. The monoisotopic (exact) mass is 286 g/mol. The van der Waals surface area contributed by atoms with Crippen LogP contribution in [0.4, 0.5) is 0 Å². The summed E-state index contributed by atoms with van der Waals surface area (Å²) in [6.45, 7) is 5.30. The molecule has 0 fully saturated rings. The van der Waals surface area contributed by atoms with Gasteiger partial charge in [0.05, 0.1) is 5.52 Å². The average molecular weight is 286 g/mol. The molecule has 0 aliphatic heterocycles. The first-order valence-electron chi connectivity index (χ1n) is 7.09. The van der Waals surface area contributed by atoms with E-state index < -0.39 is 0 Å². The van der Waals surface area contributed by atoms with Crippen molar-refractivity contribution in [3.8, 4) is 0 Å². The lowest BCUT2D eigenvalue weighted by atomic mass is 10.2. The van der Waals surface area contributed by atoms with Crippen molar-refractivity contribution in [3.05, 3.63) is 24.3 Å². The van der Waals surface area contributed by atoms with E-state index in [0.717, 1.165) is 46.8 Å². The van der Waals surface area contributed by atoms with Crippen LogP contribution in [0.2, 0.25) is 0 Å². The lowest BCUT2D eigenvalue weighted by molar-refractivity contribution is 0.709. The van der Waals surface area contributed by atoms with Gasteiger partial charge in [-0.3, -0.25) is 0 Å². The molecule has 3 rings (SSSR count). The van der Waals surface area contributed by atoms with Crippen LogP contribution in [-0.4, -0.2) is 25.5 Å². The molecule has 0 aliphatic carbocycles. The van der Waals surface area contributed by atoms with Crippen molar-refractivity contribution in [2.45, 2.75) is 38.4 Å². The molecule has 0 amide bonds. The molecule has 20 heavy (non-hydrogen) atoms. The zero-order valence-corrected chi connectivity index (χ0v) is 12.7. The summed E-state index contributed by atoms with van der Waals surface area (Å²) < 4.78 is 2.26. The van der Waals surface area contributed by atoms with Gasteiger partial charge in [0.25, 0.3) is 0 Å². The predicted molar refractivity (Wildman–Crippen MR) is 84.1 cm³/mol. The first-order valence-corrected chi connectivity index (χ1v) is 8.08. The zero-order chi connectivity index (χ0) is 13.9. The van der Waals surface area contributed by atoms with Gasteiger partial charge >= 0.3 is 0 Å². The van der Waals surface area contributed by atoms with Crippen LogP contribution in [0.1, 0.15) is 26.7 Å². The molecular formula is C15H18N4S. The SMILES string of the molecule is CCCSc1nnc2c3ccccc3n(CCC)c2n1. The van der Waals surface area contributed by atoms with E-state index in [1.807, 2.05) is 6.07 Å². The number of hydrogen-bond donors (Lipinski definition) is 0. The molecule has 0 bridgehead atoms. The highest BCUT2D eigenvalue weighted by atomic mass is 32.2. The second kappa shape index (κ2) is 5.79. The fourth-order valence-corrected chi connectivity index (χ4v) is 3.03. The first-order chi connectivity index (χ1) is 9.85. The summed E-state index contributed by atoms with van der Waals surface area (Å²) in [6.07, 6.45) is 2.19. The number of para-hydroxylation sites is 1. The molecule has 2 aromatic heterocycles. The van der Waals surface area contributed by atoms with E-state index in [-0.39, 0.29) is 0 Å². The topological polar surface area (TPSA) is 43.6 Å². The largest absolute Gasteiger partial charge is 0.324 e. The summed E-state index contributed by atoms with van der Waals surface area (Å²) in [7, 11) is 0. The molecule has 0 aliphatic rings. The zero-order valence-electron chi connectivity index (χ0n) is 11.8. The molecule has 1 aromatic carbocycles. The smallest absolute Gasteiger partial charge is 0.211 e. The molecule has 104 valence electrons. The van der Waals surface area contributed by atoms with Gasteiger partial charge < -0.3 is 4.57 Å². The molecule has 0 spiro atoms.